The Morgan fingerprint density at radius 3 is 2.23 bits per heavy atom. The van der Waals surface area contributed by atoms with E-state index in [4.69, 9.17) is 18.6 Å². The summed E-state index contributed by atoms with van der Waals surface area (Å²) in [6, 6.07) is 9.52. The third-order valence-electron chi connectivity index (χ3n) is 3.96. The summed E-state index contributed by atoms with van der Waals surface area (Å²) in [5.74, 6) is 1.10. The molecule has 0 aliphatic carbocycles. The van der Waals surface area contributed by atoms with E-state index in [1.54, 1.807) is 18.2 Å². The fourth-order valence-corrected chi connectivity index (χ4v) is 2.82. The highest BCUT2D eigenvalue weighted by Gasteiger charge is 2.21. The van der Waals surface area contributed by atoms with Crippen molar-refractivity contribution in [2.45, 2.75) is 0 Å². The van der Waals surface area contributed by atoms with Gasteiger partial charge in [0.2, 0.25) is 5.75 Å². The first kappa shape index (κ1) is 17.2. The molecule has 2 aromatic carbocycles. The normalized spacial score (nSPS) is 10.4. The van der Waals surface area contributed by atoms with Gasteiger partial charge in [-0.3, -0.25) is 0 Å². The minimum Gasteiger partial charge on any atom is -0.508 e. The van der Waals surface area contributed by atoms with E-state index in [1.165, 1.54) is 33.5 Å². The second kappa shape index (κ2) is 6.69. The van der Waals surface area contributed by atoms with Gasteiger partial charge in [0.05, 0.1) is 21.3 Å². The van der Waals surface area contributed by atoms with E-state index >= 15 is 0 Å². The van der Waals surface area contributed by atoms with Crippen molar-refractivity contribution in [3.05, 3.63) is 46.3 Å². The number of ether oxygens (including phenoxy) is 3. The maximum atomic E-state index is 12.2. The lowest BCUT2D eigenvalue weighted by atomic mass is 9.96. The van der Waals surface area contributed by atoms with Crippen LogP contribution in [-0.4, -0.2) is 26.4 Å². The molecular weight excluding hydrogens is 338 g/mol. The number of rotatable bonds is 4. The Morgan fingerprint density at radius 1 is 1.04 bits per heavy atom. The van der Waals surface area contributed by atoms with E-state index in [0.717, 1.165) is 0 Å². The van der Waals surface area contributed by atoms with Crippen LogP contribution in [0.4, 0.5) is 0 Å². The van der Waals surface area contributed by atoms with Gasteiger partial charge in [-0.25, -0.2) is 4.79 Å². The minimum absolute atomic E-state index is 0.0544. The van der Waals surface area contributed by atoms with E-state index in [-0.39, 0.29) is 16.9 Å². The van der Waals surface area contributed by atoms with E-state index in [1.807, 2.05) is 6.07 Å². The van der Waals surface area contributed by atoms with E-state index in [0.29, 0.717) is 33.8 Å². The number of phenols is 1. The first-order valence-corrected chi connectivity index (χ1v) is 7.54. The average Bonchev–Trinajstić information content (AvgIpc) is 2.65. The molecular formula is C19H15NO6. The molecule has 0 aliphatic heterocycles. The van der Waals surface area contributed by atoms with Gasteiger partial charge in [-0.05, 0) is 29.8 Å². The molecule has 0 fully saturated rings. The average molecular weight is 353 g/mol. The van der Waals surface area contributed by atoms with E-state index in [2.05, 4.69) is 0 Å². The fourth-order valence-electron chi connectivity index (χ4n) is 2.82. The van der Waals surface area contributed by atoms with Crippen molar-refractivity contribution in [3.8, 4) is 40.2 Å². The Bertz CT molecular complexity index is 1070. The van der Waals surface area contributed by atoms with Gasteiger partial charge in [0, 0.05) is 17.0 Å². The van der Waals surface area contributed by atoms with Gasteiger partial charge in [0.25, 0.3) is 0 Å². The fraction of sp³-hybridized carbons (Fsp3) is 0.158. The standard InChI is InChI=1S/C19H15NO6/c1-23-15-6-10(7-16(24-2)18(15)25-3)17-12-5-4-11(21)8-14(12)26-19(22)13(17)9-20/h4-8,21H,1-3H3. The van der Waals surface area contributed by atoms with Crippen LogP contribution in [0.2, 0.25) is 0 Å². The summed E-state index contributed by atoms with van der Waals surface area (Å²) >= 11 is 0. The third kappa shape index (κ3) is 2.67. The number of methoxy groups -OCH3 is 3. The van der Waals surface area contributed by atoms with Crippen molar-refractivity contribution in [1.29, 1.82) is 5.26 Å². The molecule has 26 heavy (non-hydrogen) atoms. The molecule has 7 nitrogen and oxygen atoms in total. The number of hydrogen-bond donors (Lipinski definition) is 1. The van der Waals surface area contributed by atoms with Crippen LogP contribution in [-0.2, 0) is 0 Å². The molecule has 0 radical (unpaired) electrons. The molecule has 0 unspecified atom stereocenters. The zero-order chi connectivity index (χ0) is 18.8. The Kier molecular flexibility index (Phi) is 4.42. The van der Waals surface area contributed by atoms with E-state index in [9.17, 15) is 15.2 Å². The van der Waals surface area contributed by atoms with Crippen LogP contribution in [0, 0.1) is 11.3 Å². The molecule has 1 heterocycles. The van der Waals surface area contributed by atoms with Crippen LogP contribution < -0.4 is 19.8 Å². The molecule has 0 amide bonds. The molecule has 0 spiro atoms. The maximum absolute atomic E-state index is 12.2. The van der Waals surface area contributed by atoms with Gasteiger partial charge in [-0.15, -0.1) is 0 Å². The topological polar surface area (TPSA) is 102 Å². The molecule has 0 atom stereocenters. The lowest BCUT2D eigenvalue weighted by Crippen LogP contribution is -2.07. The van der Waals surface area contributed by atoms with Gasteiger partial charge in [-0.1, -0.05) is 0 Å². The van der Waals surface area contributed by atoms with Crippen LogP contribution >= 0.6 is 0 Å². The Morgan fingerprint density at radius 2 is 1.69 bits per heavy atom. The number of nitriles is 1. The number of phenolic OH excluding ortho intramolecular Hbond substituents is 1. The van der Waals surface area contributed by atoms with Gasteiger partial charge in [0.15, 0.2) is 11.5 Å². The summed E-state index contributed by atoms with van der Waals surface area (Å²) in [7, 11) is 4.43. The van der Waals surface area contributed by atoms with Crippen molar-refractivity contribution >= 4 is 11.0 Å². The van der Waals surface area contributed by atoms with Gasteiger partial charge in [0.1, 0.15) is 23.0 Å². The molecule has 0 saturated heterocycles. The first-order valence-electron chi connectivity index (χ1n) is 7.54. The smallest absolute Gasteiger partial charge is 0.354 e. The first-order chi connectivity index (χ1) is 12.5. The quantitative estimate of drug-likeness (QED) is 0.719. The van der Waals surface area contributed by atoms with Crippen molar-refractivity contribution < 1.29 is 23.7 Å². The number of nitrogens with zero attached hydrogens (tertiary/aromatic N) is 1. The summed E-state index contributed by atoms with van der Waals surface area (Å²) in [5.41, 5.74) is 0.0854. The Hall–Kier alpha value is -3.66. The minimum atomic E-state index is -0.797. The van der Waals surface area contributed by atoms with E-state index < -0.39 is 5.63 Å². The van der Waals surface area contributed by atoms with Gasteiger partial charge < -0.3 is 23.7 Å². The lowest BCUT2D eigenvalue weighted by Gasteiger charge is -2.15. The molecule has 3 aromatic rings. The highest BCUT2D eigenvalue weighted by atomic mass is 16.5. The summed E-state index contributed by atoms with van der Waals surface area (Å²) in [6.45, 7) is 0. The molecule has 0 bridgehead atoms. The largest absolute Gasteiger partial charge is 0.508 e. The maximum Gasteiger partial charge on any atom is 0.354 e. The zero-order valence-corrected chi connectivity index (χ0v) is 14.3. The van der Waals surface area contributed by atoms with Crippen LogP contribution in [0.1, 0.15) is 5.56 Å². The van der Waals surface area contributed by atoms with Crippen molar-refractivity contribution in [3.63, 3.8) is 0 Å². The lowest BCUT2D eigenvalue weighted by molar-refractivity contribution is 0.324. The Labute approximate surface area is 148 Å². The number of hydrogen-bond acceptors (Lipinski definition) is 7. The van der Waals surface area contributed by atoms with Crippen LogP contribution in [0.5, 0.6) is 23.0 Å². The highest BCUT2D eigenvalue weighted by molar-refractivity contribution is 5.97. The summed E-state index contributed by atoms with van der Waals surface area (Å²) < 4.78 is 21.2. The summed E-state index contributed by atoms with van der Waals surface area (Å²) in [4.78, 5) is 12.2. The Balaban J connectivity index is 2.45. The molecule has 0 aliphatic rings. The van der Waals surface area contributed by atoms with Crippen LogP contribution in [0.25, 0.3) is 22.1 Å². The third-order valence-corrected chi connectivity index (χ3v) is 3.96. The van der Waals surface area contributed by atoms with Crippen molar-refractivity contribution in [1.82, 2.24) is 0 Å². The number of aromatic hydroxyl groups is 1. The van der Waals surface area contributed by atoms with Gasteiger partial charge >= 0.3 is 5.63 Å². The molecule has 3 rings (SSSR count). The highest BCUT2D eigenvalue weighted by Crippen LogP contribution is 2.43. The zero-order valence-electron chi connectivity index (χ0n) is 14.3. The molecule has 1 aromatic heterocycles. The SMILES string of the molecule is COc1cc(-c2c(C#N)c(=O)oc3cc(O)ccc23)cc(OC)c1OC. The van der Waals surface area contributed by atoms with Crippen LogP contribution in [0.15, 0.2) is 39.5 Å². The summed E-state index contributed by atoms with van der Waals surface area (Å²) in [6.07, 6.45) is 0. The predicted molar refractivity (Wildman–Crippen MR) is 94.0 cm³/mol. The second-order valence-electron chi connectivity index (χ2n) is 5.35. The van der Waals surface area contributed by atoms with Crippen molar-refractivity contribution in [2.75, 3.05) is 21.3 Å². The molecule has 7 heteroatoms. The van der Waals surface area contributed by atoms with Crippen LogP contribution in [0.3, 0.4) is 0 Å². The molecule has 1 N–H and O–H groups in total. The number of fused-ring (bicyclic) bond motifs is 1. The molecule has 0 saturated carbocycles. The van der Waals surface area contributed by atoms with Gasteiger partial charge in [-0.2, -0.15) is 5.26 Å². The summed E-state index contributed by atoms with van der Waals surface area (Å²) in [5, 5.41) is 19.6. The van der Waals surface area contributed by atoms with Crippen molar-refractivity contribution in [2.24, 2.45) is 0 Å². The predicted octanol–water partition coefficient (Wildman–Crippen LogP) is 3.06. The molecule has 132 valence electrons. The second-order valence-corrected chi connectivity index (χ2v) is 5.35. The monoisotopic (exact) mass is 353 g/mol. The number of benzene rings is 2.